The summed E-state index contributed by atoms with van der Waals surface area (Å²) in [5.41, 5.74) is 3.45. The molecule has 1 fully saturated rings. The first-order valence-electron chi connectivity index (χ1n) is 5.75. The Morgan fingerprint density at radius 3 is 2.69 bits per heavy atom. The second kappa shape index (κ2) is 4.34. The summed E-state index contributed by atoms with van der Waals surface area (Å²) in [6.45, 7) is 5.15. The topological polar surface area (TPSA) is 41.5 Å². The number of phenols is 1. The highest BCUT2D eigenvalue weighted by Crippen LogP contribution is 2.38. The zero-order valence-electron chi connectivity index (χ0n) is 10.1. The first kappa shape index (κ1) is 11.3. The lowest BCUT2D eigenvalue weighted by Crippen LogP contribution is -2.14. The van der Waals surface area contributed by atoms with Gasteiger partial charge in [0.1, 0.15) is 0 Å². The lowest BCUT2D eigenvalue weighted by Gasteiger charge is -2.18. The molecule has 88 valence electrons. The molecule has 0 spiro atoms. The molecule has 0 aromatic heterocycles. The van der Waals surface area contributed by atoms with Crippen LogP contribution in [-0.4, -0.2) is 18.8 Å². The molecule has 3 heteroatoms. The smallest absolute Gasteiger partial charge is 0.163 e. The molecule has 2 N–H and O–H groups in total. The van der Waals surface area contributed by atoms with Crippen molar-refractivity contribution in [3.63, 3.8) is 0 Å². The van der Waals surface area contributed by atoms with E-state index in [9.17, 15) is 5.11 Å². The number of ether oxygens (including phenoxy) is 1. The third-order valence-electron chi connectivity index (χ3n) is 3.50. The summed E-state index contributed by atoms with van der Waals surface area (Å²) >= 11 is 0. The van der Waals surface area contributed by atoms with Crippen LogP contribution in [0.15, 0.2) is 6.07 Å². The summed E-state index contributed by atoms with van der Waals surface area (Å²) < 4.78 is 5.20. The minimum absolute atomic E-state index is 0.245. The van der Waals surface area contributed by atoms with Gasteiger partial charge in [0.15, 0.2) is 11.5 Å². The Labute approximate surface area is 96.4 Å². The van der Waals surface area contributed by atoms with Gasteiger partial charge in [-0.3, -0.25) is 0 Å². The van der Waals surface area contributed by atoms with Crippen LogP contribution in [0.25, 0.3) is 0 Å². The molecule has 1 aliphatic rings. The maximum atomic E-state index is 9.90. The van der Waals surface area contributed by atoms with E-state index in [2.05, 4.69) is 12.2 Å². The van der Waals surface area contributed by atoms with Crippen molar-refractivity contribution >= 4 is 0 Å². The van der Waals surface area contributed by atoms with Crippen molar-refractivity contribution in [2.75, 3.05) is 13.7 Å². The van der Waals surface area contributed by atoms with E-state index in [1.807, 2.05) is 13.0 Å². The van der Waals surface area contributed by atoms with Gasteiger partial charge in [0.2, 0.25) is 0 Å². The van der Waals surface area contributed by atoms with Gasteiger partial charge in [-0.2, -0.15) is 0 Å². The van der Waals surface area contributed by atoms with E-state index in [4.69, 9.17) is 4.74 Å². The number of rotatable bonds is 2. The van der Waals surface area contributed by atoms with E-state index in [-0.39, 0.29) is 5.75 Å². The SMILES string of the molecule is COc1c(O)cc(C2CCCN2)c(C)c1C. The zero-order valence-corrected chi connectivity index (χ0v) is 10.1. The molecule has 1 atom stereocenters. The lowest BCUT2D eigenvalue weighted by molar-refractivity contribution is 0.369. The Hall–Kier alpha value is -1.22. The summed E-state index contributed by atoms with van der Waals surface area (Å²) in [4.78, 5) is 0. The van der Waals surface area contributed by atoms with E-state index in [0.29, 0.717) is 11.8 Å². The number of nitrogens with one attached hydrogen (secondary N) is 1. The van der Waals surface area contributed by atoms with Crippen molar-refractivity contribution < 1.29 is 9.84 Å². The van der Waals surface area contributed by atoms with Crippen LogP contribution in [0.2, 0.25) is 0 Å². The van der Waals surface area contributed by atoms with Crippen LogP contribution in [-0.2, 0) is 0 Å². The van der Waals surface area contributed by atoms with Crippen molar-refractivity contribution in [1.82, 2.24) is 5.32 Å². The Kier molecular flexibility index (Phi) is 3.06. The quantitative estimate of drug-likeness (QED) is 0.806. The monoisotopic (exact) mass is 221 g/mol. The predicted molar refractivity (Wildman–Crippen MR) is 64.1 cm³/mol. The van der Waals surface area contributed by atoms with Crippen LogP contribution in [0, 0.1) is 13.8 Å². The largest absolute Gasteiger partial charge is 0.504 e. The van der Waals surface area contributed by atoms with Crippen LogP contribution >= 0.6 is 0 Å². The molecule has 1 aliphatic heterocycles. The standard InChI is InChI=1S/C13H19NO2/c1-8-9(2)13(16-3)12(15)7-10(8)11-5-4-6-14-11/h7,11,14-15H,4-6H2,1-3H3. The van der Waals surface area contributed by atoms with Crippen molar-refractivity contribution in [1.29, 1.82) is 0 Å². The molecular formula is C13H19NO2. The maximum absolute atomic E-state index is 9.90. The Bertz CT molecular complexity index is 395. The highest BCUT2D eigenvalue weighted by atomic mass is 16.5. The van der Waals surface area contributed by atoms with Crippen LogP contribution in [0.1, 0.15) is 35.6 Å². The summed E-state index contributed by atoms with van der Waals surface area (Å²) in [5, 5.41) is 13.4. The van der Waals surface area contributed by atoms with Gasteiger partial charge >= 0.3 is 0 Å². The number of benzene rings is 1. The first-order valence-corrected chi connectivity index (χ1v) is 5.75. The highest BCUT2D eigenvalue weighted by Gasteiger charge is 2.21. The van der Waals surface area contributed by atoms with Gasteiger partial charge in [0.05, 0.1) is 7.11 Å². The molecule has 2 rings (SSSR count). The molecular weight excluding hydrogens is 202 g/mol. The number of phenolic OH excluding ortho intramolecular Hbond substituents is 1. The Balaban J connectivity index is 2.46. The predicted octanol–water partition coefficient (Wildman–Crippen LogP) is 2.44. The van der Waals surface area contributed by atoms with E-state index >= 15 is 0 Å². The van der Waals surface area contributed by atoms with Crippen molar-refractivity contribution in [2.24, 2.45) is 0 Å². The maximum Gasteiger partial charge on any atom is 0.163 e. The van der Waals surface area contributed by atoms with Crippen LogP contribution in [0.3, 0.4) is 0 Å². The normalized spacial score (nSPS) is 20.1. The average molecular weight is 221 g/mol. The van der Waals surface area contributed by atoms with Crippen LogP contribution < -0.4 is 10.1 Å². The van der Waals surface area contributed by atoms with Gasteiger partial charge in [-0.15, -0.1) is 0 Å². The fourth-order valence-electron chi connectivity index (χ4n) is 2.47. The summed E-state index contributed by atoms with van der Waals surface area (Å²) in [6.07, 6.45) is 2.35. The summed E-state index contributed by atoms with van der Waals surface area (Å²) in [5.74, 6) is 0.841. The molecule has 1 unspecified atom stereocenters. The van der Waals surface area contributed by atoms with Gasteiger partial charge in [0.25, 0.3) is 0 Å². The van der Waals surface area contributed by atoms with Crippen LogP contribution in [0.5, 0.6) is 11.5 Å². The molecule has 0 radical (unpaired) electrons. The molecule has 1 aromatic rings. The summed E-state index contributed by atoms with van der Waals surface area (Å²) in [6, 6.07) is 2.22. The van der Waals surface area contributed by atoms with Crippen molar-refractivity contribution in [3.05, 3.63) is 22.8 Å². The molecule has 3 nitrogen and oxygen atoms in total. The molecule has 1 saturated heterocycles. The molecule has 0 saturated carbocycles. The number of hydrogen-bond acceptors (Lipinski definition) is 3. The van der Waals surface area contributed by atoms with E-state index < -0.39 is 0 Å². The molecule has 1 aromatic carbocycles. The second-order valence-corrected chi connectivity index (χ2v) is 4.42. The molecule has 1 heterocycles. The van der Waals surface area contributed by atoms with Gasteiger partial charge < -0.3 is 15.2 Å². The Morgan fingerprint density at radius 2 is 2.12 bits per heavy atom. The molecule has 16 heavy (non-hydrogen) atoms. The lowest BCUT2D eigenvalue weighted by atomic mass is 9.95. The molecule has 0 bridgehead atoms. The summed E-state index contributed by atoms with van der Waals surface area (Å²) in [7, 11) is 1.59. The minimum Gasteiger partial charge on any atom is -0.504 e. The molecule has 0 amide bonds. The van der Waals surface area contributed by atoms with Gasteiger partial charge in [-0.05, 0) is 56.0 Å². The van der Waals surface area contributed by atoms with Crippen LogP contribution in [0.4, 0.5) is 0 Å². The van der Waals surface area contributed by atoms with Gasteiger partial charge in [0, 0.05) is 6.04 Å². The van der Waals surface area contributed by atoms with E-state index in [1.54, 1.807) is 7.11 Å². The van der Waals surface area contributed by atoms with Crippen molar-refractivity contribution in [3.8, 4) is 11.5 Å². The van der Waals surface area contributed by atoms with E-state index in [0.717, 1.165) is 18.5 Å². The first-order chi connectivity index (χ1) is 7.65. The number of methoxy groups -OCH3 is 1. The number of hydrogen-bond donors (Lipinski definition) is 2. The minimum atomic E-state index is 0.245. The molecule has 0 aliphatic carbocycles. The fourth-order valence-corrected chi connectivity index (χ4v) is 2.47. The Morgan fingerprint density at radius 1 is 1.38 bits per heavy atom. The highest BCUT2D eigenvalue weighted by molar-refractivity contribution is 5.53. The average Bonchev–Trinajstić information content (AvgIpc) is 2.77. The van der Waals surface area contributed by atoms with E-state index in [1.165, 1.54) is 17.5 Å². The number of aromatic hydroxyl groups is 1. The van der Waals surface area contributed by atoms with Gasteiger partial charge in [-0.25, -0.2) is 0 Å². The zero-order chi connectivity index (χ0) is 11.7. The van der Waals surface area contributed by atoms with Gasteiger partial charge in [-0.1, -0.05) is 0 Å². The second-order valence-electron chi connectivity index (χ2n) is 4.42. The third kappa shape index (κ3) is 1.76. The fraction of sp³-hybridized carbons (Fsp3) is 0.538. The van der Waals surface area contributed by atoms with Crippen molar-refractivity contribution in [2.45, 2.75) is 32.7 Å². The third-order valence-corrected chi connectivity index (χ3v) is 3.50.